The number of ether oxygens (including phenoxy) is 2. The van der Waals surface area contributed by atoms with Gasteiger partial charge < -0.3 is 50.5 Å². The predicted octanol–water partition coefficient (Wildman–Crippen LogP) is 6.63. The maximum atomic E-state index is 14.3. The van der Waals surface area contributed by atoms with E-state index in [1.807, 2.05) is 73.0 Å². The van der Waals surface area contributed by atoms with Gasteiger partial charge in [0.1, 0.15) is 52.5 Å². The third kappa shape index (κ3) is 10.5. The summed E-state index contributed by atoms with van der Waals surface area (Å²) in [4.78, 5) is 75.9. The van der Waals surface area contributed by atoms with E-state index in [9.17, 15) is 19.2 Å². The Morgan fingerprint density at radius 1 is 0.761 bits per heavy atom. The number of hydrogen-bond donors (Lipinski definition) is 5. The van der Waals surface area contributed by atoms with Gasteiger partial charge in [-0.1, -0.05) is 36.4 Å². The third-order valence-corrected chi connectivity index (χ3v) is 13.4. The molecule has 0 aliphatic carbocycles. The molecule has 2 aliphatic rings. The Labute approximate surface area is 421 Å². The van der Waals surface area contributed by atoms with Crippen LogP contribution in [0.25, 0.3) is 22.1 Å². The minimum absolute atomic E-state index is 0.0557. The van der Waals surface area contributed by atoms with Crippen LogP contribution in [0.1, 0.15) is 116 Å². The first-order valence-electron chi connectivity index (χ1n) is 23.7. The van der Waals surface area contributed by atoms with Crippen molar-refractivity contribution in [3.8, 4) is 11.5 Å². The zero-order chi connectivity index (χ0) is 50.2. The fourth-order valence-corrected chi connectivity index (χ4v) is 9.62. The van der Waals surface area contributed by atoms with E-state index >= 15 is 0 Å². The summed E-state index contributed by atoms with van der Waals surface area (Å²) < 4.78 is 15.4. The number of alkyl halides is 2. The van der Waals surface area contributed by atoms with Gasteiger partial charge >= 0.3 is 0 Å². The molecule has 0 unspecified atom stereocenters. The van der Waals surface area contributed by atoms with Gasteiger partial charge in [0.15, 0.2) is 0 Å². The average molecular weight is 1010 g/mol. The molecule has 0 bridgehead atoms. The number of halogens is 2. The molecule has 20 heteroatoms. The Hall–Kier alpha value is -7.18. The number of aromatic nitrogens is 4. The summed E-state index contributed by atoms with van der Waals surface area (Å²) >= 11 is 12.5. The zero-order valence-electron chi connectivity index (χ0n) is 40.2. The number of para-hydroxylation sites is 2. The van der Waals surface area contributed by atoms with Crippen molar-refractivity contribution in [2.75, 3.05) is 45.6 Å². The van der Waals surface area contributed by atoms with Crippen molar-refractivity contribution in [3.05, 3.63) is 118 Å². The highest BCUT2D eigenvalue weighted by Gasteiger charge is 2.33. The van der Waals surface area contributed by atoms with Gasteiger partial charge in [-0.15, -0.1) is 23.2 Å². The zero-order valence-corrected chi connectivity index (χ0v) is 41.7. The molecule has 0 fully saturated rings. The van der Waals surface area contributed by atoms with Crippen LogP contribution in [0, 0.1) is 0 Å². The van der Waals surface area contributed by atoms with Crippen molar-refractivity contribution in [2.24, 2.45) is 15.7 Å². The third-order valence-electron chi connectivity index (χ3n) is 12.9. The minimum atomic E-state index is -0.671. The first-order valence-corrected chi connectivity index (χ1v) is 24.8. The Morgan fingerprint density at radius 2 is 1.35 bits per heavy atom. The van der Waals surface area contributed by atoms with Crippen LogP contribution in [0.15, 0.2) is 82.8 Å². The lowest BCUT2D eigenvalue weighted by atomic mass is 10.0. The van der Waals surface area contributed by atoms with Crippen LogP contribution in [0.3, 0.4) is 0 Å². The number of amides is 4. The molecular weight excluding hydrogens is 948 g/mol. The van der Waals surface area contributed by atoms with Crippen LogP contribution in [0.4, 0.5) is 0 Å². The van der Waals surface area contributed by atoms with Crippen LogP contribution in [-0.2, 0) is 26.3 Å². The summed E-state index contributed by atoms with van der Waals surface area (Å²) in [6.07, 6.45) is 1.94. The van der Waals surface area contributed by atoms with Crippen molar-refractivity contribution in [3.63, 3.8) is 0 Å². The Balaban J connectivity index is 1.05. The molecule has 0 radical (unpaired) electrons. The predicted molar refractivity (Wildman–Crippen MR) is 275 cm³/mol. The standard InChI is InChI=1S/C51H58Cl2N12O6/c1-5-63-28-31-14-8-16-33(43(31)51(63)69)49(67)59-34(46-61-44-36(64(46)6-2)19-9-21-38(44)70-3)18-12-24-56-41(26-53)58-29-65-37-20-10-22-39(71-4)45(37)62-47(65)35(17-11-23-55-40(54)25-52)60-48(66)32-15-7-13-30-27-57-50(68)42(30)32/h7-10,13-16,19-22,34-35H,5-6,11-12,17-18,23-29H2,1-4H3,(H2,54,55)(H,56,58)(H,57,68)(H,59,67)(H,60,66)/t34-,35-/m0/s1. The number of benzene rings is 4. The Bertz CT molecular complexity index is 3040. The number of aryl methyl sites for hydroxylation is 1. The molecular formula is C51H58Cl2N12O6. The van der Waals surface area contributed by atoms with Gasteiger partial charge in [-0.25, -0.2) is 15.0 Å². The Kier molecular flexibility index (Phi) is 16.1. The number of nitrogens with one attached hydrogen (secondary N) is 4. The summed E-state index contributed by atoms with van der Waals surface area (Å²) in [6.45, 7) is 6.73. The number of carbonyl (C=O) groups excluding carboxylic acids is 4. The molecule has 71 heavy (non-hydrogen) atoms. The molecule has 2 atom stereocenters. The molecule has 372 valence electrons. The van der Waals surface area contributed by atoms with E-state index in [2.05, 4.69) is 30.8 Å². The normalized spacial score (nSPS) is 14.4. The molecule has 6 aromatic rings. The van der Waals surface area contributed by atoms with E-state index < -0.39 is 18.0 Å². The number of carbonyl (C=O) groups is 4. The van der Waals surface area contributed by atoms with Crippen molar-refractivity contribution in [1.29, 1.82) is 0 Å². The molecule has 0 saturated carbocycles. The largest absolute Gasteiger partial charge is 0.494 e. The van der Waals surface area contributed by atoms with Crippen LogP contribution in [0.2, 0.25) is 0 Å². The molecule has 4 heterocycles. The van der Waals surface area contributed by atoms with E-state index in [0.717, 1.165) is 16.6 Å². The number of amidine groups is 2. The first kappa shape index (κ1) is 50.2. The summed E-state index contributed by atoms with van der Waals surface area (Å²) in [5.74, 6) is 2.01. The van der Waals surface area contributed by atoms with Gasteiger partial charge in [0.2, 0.25) is 0 Å². The molecule has 6 N–H and O–H groups in total. The van der Waals surface area contributed by atoms with Gasteiger partial charge in [-0.05, 0) is 87.1 Å². The number of rotatable bonds is 22. The second-order valence-corrected chi connectivity index (χ2v) is 17.6. The van der Waals surface area contributed by atoms with Gasteiger partial charge in [0.25, 0.3) is 23.6 Å². The second kappa shape index (κ2) is 22.7. The van der Waals surface area contributed by atoms with Crippen molar-refractivity contribution >= 4 is 80.6 Å². The number of nitrogens with zero attached hydrogens (tertiary/aromatic N) is 7. The van der Waals surface area contributed by atoms with E-state index in [0.29, 0.717) is 133 Å². The summed E-state index contributed by atoms with van der Waals surface area (Å²) in [5, 5.41) is 12.6. The monoisotopic (exact) mass is 1000 g/mol. The molecule has 0 spiro atoms. The molecule has 4 aromatic carbocycles. The average Bonchev–Trinajstić information content (AvgIpc) is 4.17. The minimum Gasteiger partial charge on any atom is -0.494 e. The van der Waals surface area contributed by atoms with E-state index in [4.69, 9.17) is 53.4 Å². The summed E-state index contributed by atoms with van der Waals surface area (Å²) in [5.41, 5.74) is 11.7. The number of aliphatic imine (C=N–C) groups is 2. The van der Waals surface area contributed by atoms with Gasteiger partial charge in [-0.3, -0.25) is 24.2 Å². The molecule has 2 aliphatic heterocycles. The quantitative estimate of drug-likeness (QED) is 0.0211. The van der Waals surface area contributed by atoms with E-state index in [1.165, 1.54) is 0 Å². The highest BCUT2D eigenvalue weighted by molar-refractivity contribution is 6.28. The fraction of sp³-hybridized carbons (Fsp3) is 0.373. The van der Waals surface area contributed by atoms with Crippen molar-refractivity contribution in [1.82, 2.24) is 45.3 Å². The topological polar surface area (TPSA) is 224 Å². The molecule has 0 saturated heterocycles. The van der Waals surface area contributed by atoms with Gasteiger partial charge in [-0.2, -0.15) is 0 Å². The molecule has 18 nitrogen and oxygen atoms in total. The van der Waals surface area contributed by atoms with Crippen LogP contribution in [0.5, 0.6) is 11.5 Å². The number of hydrogen-bond acceptors (Lipinski definition) is 10. The van der Waals surface area contributed by atoms with Crippen LogP contribution >= 0.6 is 23.2 Å². The molecule has 4 amide bonds. The first-order chi connectivity index (χ1) is 34.5. The lowest BCUT2D eigenvalue weighted by Gasteiger charge is -2.21. The number of imidazole rings is 2. The number of fused-ring (bicyclic) bond motifs is 4. The smallest absolute Gasteiger partial charge is 0.255 e. The lowest BCUT2D eigenvalue weighted by Crippen LogP contribution is -2.33. The second-order valence-electron chi connectivity index (χ2n) is 17.1. The van der Waals surface area contributed by atoms with Crippen LogP contribution < -0.4 is 36.5 Å². The molecule has 2 aromatic heterocycles. The van der Waals surface area contributed by atoms with Crippen LogP contribution in [-0.4, -0.2) is 105 Å². The molecule has 8 rings (SSSR count). The van der Waals surface area contributed by atoms with E-state index in [-0.39, 0.29) is 41.7 Å². The number of methoxy groups -OCH3 is 2. The SMILES string of the molecule is CCN1Cc2cccc(C(=O)N[C@@H](CCCN/C(CCl)=N/Cn3c([C@H](CCCN=C(N)CCl)NC(=O)c4cccc5c4C(=O)NC5)nc4c(OC)cccc43)c3nc4c(OC)cccc4n3CC)c2C1=O. The highest BCUT2D eigenvalue weighted by Crippen LogP contribution is 2.33. The van der Waals surface area contributed by atoms with Gasteiger partial charge in [0.05, 0.1) is 71.4 Å². The van der Waals surface area contributed by atoms with Crippen molar-refractivity contribution in [2.45, 2.75) is 77.9 Å². The summed E-state index contributed by atoms with van der Waals surface area (Å²) in [7, 11) is 3.17. The maximum Gasteiger partial charge on any atom is 0.255 e. The van der Waals surface area contributed by atoms with E-state index in [1.54, 1.807) is 37.3 Å². The fourth-order valence-electron chi connectivity index (χ4n) is 9.36. The Morgan fingerprint density at radius 3 is 1.96 bits per heavy atom. The number of nitrogens with two attached hydrogens (primary N) is 1. The summed E-state index contributed by atoms with van der Waals surface area (Å²) in [6, 6.07) is 20.7. The lowest BCUT2D eigenvalue weighted by molar-refractivity contribution is 0.0779. The maximum absolute atomic E-state index is 14.3. The van der Waals surface area contributed by atoms with Gasteiger partial charge in [0, 0.05) is 39.3 Å². The highest BCUT2D eigenvalue weighted by atomic mass is 35.5. The van der Waals surface area contributed by atoms with Crippen molar-refractivity contribution < 1.29 is 28.7 Å².